The number of rotatable bonds is 4. The van der Waals surface area contributed by atoms with Gasteiger partial charge in [-0.15, -0.1) is 0 Å². The van der Waals surface area contributed by atoms with Crippen molar-refractivity contribution >= 4 is 17.7 Å². The molecule has 4 nitrogen and oxygen atoms in total. The first kappa shape index (κ1) is 15.6. The van der Waals surface area contributed by atoms with Crippen LogP contribution in [-0.4, -0.2) is 36.5 Å². The Morgan fingerprint density at radius 2 is 2.09 bits per heavy atom. The maximum absolute atomic E-state index is 12.6. The molecule has 1 aliphatic heterocycles. The SMILES string of the molecule is Cc1ccccc1N1C(=O)CN(C/C=C/c2ccco2)C[C@@H]1C. The molecule has 4 heteroatoms. The van der Waals surface area contributed by atoms with E-state index in [2.05, 4.69) is 11.8 Å². The maximum atomic E-state index is 12.6. The van der Waals surface area contributed by atoms with Gasteiger partial charge in [0.1, 0.15) is 5.76 Å². The van der Waals surface area contributed by atoms with Crippen molar-refractivity contribution < 1.29 is 9.21 Å². The molecular formula is C19H22N2O2. The van der Waals surface area contributed by atoms with Crippen molar-refractivity contribution in [3.63, 3.8) is 0 Å². The molecular weight excluding hydrogens is 288 g/mol. The van der Waals surface area contributed by atoms with E-state index in [1.807, 2.05) is 60.4 Å². The molecule has 1 aromatic heterocycles. The Hall–Kier alpha value is -2.33. The zero-order chi connectivity index (χ0) is 16.2. The summed E-state index contributed by atoms with van der Waals surface area (Å²) in [6.45, 7) is 6.21. The lowest BCUT2D eigenvalue weighted by atomic mass is 10.1. The molecule has 1 atom stereocenters. The monoisotopic (exact) mass is 310 g/mol. The Morgan fingerprint density at radius 1 is 1.26 bits per heavy atom. The molecule has 0 spiro atoms. The molecule has 1 amide bonds. The standard InChI is InChI=1S/C19H22N2O2/c1-15-7-3-4-10-18(15)21-16(2)13-20(14-19(21)22)11-5-8-17-9-6-12-23-17/h3-10,12,16H,11,13-14H2,1-2H3/b8-5+/t16-/m0/s1. The number of hydrogen-bond donors (Lipinski definition) is 0. The molecule has 3 rings (SSSR count). The number of carbonyl (C=O) groups is 1. The van der Waals surface area contributed by atoms with Gasteiger partial charge in [0, 0.05) is 24.8 Å². The van der Waals surface area contributed by atoms with Crippen LogP contribution in [0.5, 0.6) is 0 Å². The van der Waals surface area contributed by atoms with Crippen molar-refractivity contribution in [1.29, 1.82) is 0 Å². The summed E-state index contributed by atoms with van der Waals surface area (Å²) in [5.74, 6) is 0.993. The second-order valence-corrected chi connectivity index (χ2v) is 6.01. The van der Waals surface area contributed by atoms with Crippen LogP contribution in [0, 0.1) is 6.92 Å². The number of hydrogen-bond acceptors (Lipinski definition) is 3. The lowest BCUT2D eigenvalue weighted by Crippen LogP contribution is -2.55. The number of nitrogens with zero attached hydrogens (tertiary/aromatic N) is 2. The predicted octanol–water partition coefficient (Wildman–Crippen LogP) is 3.34. The minimum Gasteiger partial charge on any atom is -0.465 e. The number of para-hydroxylation sites is 1. The quantitative estimate of drug-likeness (QED) is 0.869. The normalized spacial score (nSPS) is 19.7. The third-order valence-corrected chi connectivity index (χ3v) is 4.15. The molecule has 0 N–H and O–H groups in total. The Labute approximate surface area is 137 Å². The lowest BCUT2D eigenvalue weighted by Gasteiger charge is -2.39. The van der Waals surface area contributed by atoms with E-state index in [4.69, 9.17) is 4.42 Å². The van der Waals surface area contributed by atoms with Gasteiger partial charge in [0.15, 0.2) is 0 Å². The molecule has 0 radical (unpaired) electrons. The summed E-state index contributed by atoms with van der Waals surface area (Å²) in [6, 6.07) is 12.0. The first-order valence-electron chi connectivity index (χ1n) is 7.95. The van der Waals surface area contributed by atoms with Crippen molar-refractivity contribution in [2.24, 2.45) is 0 Å². The fourth-order valence-corrected chi connectivity index (χ4v) is 3.08. The van der Waals surface area contributed by atoms with Gasteiger partial charge >= 0.3 is 0 Å². The molecule has 0 unspecified atom stereocenters. The third-order valence-electron chi connectivity index (χ3n) is 4.15. The van der Waals surface area contributed by atoms with Crippen molar-refractivity contribution in [1.82, 2.24) is 4.90 Å². The summed E-state index contributed by atoms with van der Waals surface area (Å²) >= 11 is 0. The van der Waals surface area contributed by atoms with Gasteiger partial charge < -0.3 is 9.32 Å². The summed E-state index contributed by atoms with van der Waals surface area (Å²) in [5.41, 5.74) is 2.16. The fraction of sp³-hybridized carbons (Fsp3) is 0.316. The van der Waals surface area contributed by atoms with Crippen LogP contribution in [0.3, 0.4) is 0 Å². The Morgan fingerprint density at radius 3 is 2.78 bits per heavy atom. The molecule has 23 heavy (non-hydrogen) atoms. The molecule has 1 aliphatic rings. The van der Waals surface area contributed by atoms with Crippen LogP contribution in [0.15, 0.2) is 53.2 Å². The van der Waals surface area contributed by atoms with Crippen molar-refractivity contribution in [2.45, 2.75) is 19.9 Å². The van der Waals surface area contributed by atoms with E-state index >= 15 is 0 Å². The van der Waals surface area contributed by atoms with Crippen molar-refractivity contribution in [2.75, 3.05) is 24.5 Å². The van der Waals surface area contributed by atoms with Gasteiger partial charge in [0.25, 0.3) is 0 Å². The number of benzene rings is 1. The van der Waals surface area contributed by atoms with E-state index in [0.717, 1.165) is 30.1 Å². The van der Waals surface area contributed by atoms with Crippen LogP contribution in [0.2, 0.25) is 0 Å². The second-order valence-electron chi connectivity index (χ2n) is 6.01. The zero-order valence-corrected chi connectivity index (χ0v) is 13.6. The maximum Gasteiger partial charge on any atom is 0.241 e. The zero-order valence-electron chi connectivity index (χ0n) is 13.6. The van der Waals surface area contributed by atoms with Crippen LogP contribution in [-0.2, 0) is 4.79 Å². The lowest BCUT2D eigenvalue weighted by molar-refractivity contribution is -0.121. The average Bonchev–Trinajstić information content (AvgIpc) is 3.02. The highest BCUT2D eigenvalue weighted by molar-refractivity contribution is 5.96. The summed E-state index contributed by atoms with van der Waals surface area (Å²) < 4.78 is 5.27. The molecule has 1 fully saturated rings. The smallest absolute Gasteiger partial charge is 0.241 e. The number of piperazine rings is 1. The average molecular weight is 310 g/mol. The molecule has 0 aliphatic carbocycles. The summed E-state index contributed by atoms with van der Waals surface area (Å²) in [6.07, 6.45) is 5.65. The van der Waals surface area contributed by atoms with Crippen LogP contribution in [0.1, 0.15) is 18.2 Å². The molecule has 120 valence electrons. The summed E-state index contributed by atoms with van der Waals surface area (Å²) in [5, 5.41) is 0. The number of furan rings is 1. The highest BCUT2D eigenvalue weighted by Gasteiger charge is 2.30. The van der Waals surface area contributed by atoms with E-state index in [0.29, 0.717) is 6.54 Å². The summed E-state index contributed by atoms with van der Waals surface area (Å²) in [7, 11) is 0. The van der Waals surface area contributed by atoms with Crippen LogP contribution in [0.4, 0.5) is 5.69 Å². The number of aryl methyl sites for hydroxylation is 1. The molecule has 2 heterocycles. The van der Waals surface area contributed by atoms with Gasteiger partial charge in [-0.25, -0.2) is 0 Å². The predicted molar refractivity (Wildman–Crippen MR) is 92.3 cm³/mol. The van der Waals surface area contributed by atoms with E-state index in [-0.39, 0.29) is 11.9 Å². The minimum atomic E-state index is 0.157. The van der Waals surface area contributed by atoms with Gasteiger partial charge in [-0.3, -0.25) is 9.69 Å². The van der Waals surface area contributed by atoms with E-state index in [9.17, 15) is 4.79 Å². The molecule has 0 bridgehead atoms. The molecule has 1 aromatic carbocycles. The Kier molecular flexibility index (Phi) is 4.63. The van der Waals surface area contributed by atoms with Gasteiger partial charge in [-0.05, 0) is 43.7 Å². The molecule has 0 saturated carbocycles. The Bertz CT molecular complexity index is 691. The number of amides is 1. The van der Waals surface area contributed by atoms with E-state index < -0.39 is 0 Å². The van der Waals surface area contributed by atoms with E-state index in [1.165, 1.54) is 0 Å². The first-order chi connectivity index (χ1) is 11.1. The third kappa shape index (κ3) is 3.54. The molecule has 1 saturated heterocycles. The Balaban J connectivity index is 1.65. The number of carbonyl (C=O) groups excluding carboxylic acids is 1. The minimum absolute atomic E-state index is 0.157. The highest BCUT2D eigenvalue weighted by atomic mass is 16.3. The second kappa shape index (κ2) is 6.84. The first-order valence-corrected chi connectivity index (χ1v) is 7.95. The van der Waals surface area contributed by atoms with E-state index in [1.54, 1.807) is 6.26 Å². The van der Waals surface area contributed by atoms with Crippen molar-refractivity contribution in [3.8, 4) is 0 Å². The summed E-state index contributed by atoms with van der Waals surface area (Å²) in [4.78, 5) is 16.7. The van der Waals surface area contributed by atoms with Crippen LogP contribution >= 0.6 is 0 Å². The highest BCUT2D eigenvalue weighted by Crippen LogP contribution is 2.24. The van der Waals surface area contributed by atoms with Crippen LogP contribution < -0.4 is 4.90 Å². The van der Waals surface area contributed by atoms with Gasteiger partial charge in [0.2, 0.25) is 5.91 Å². The largest absolute Gasteiger partial charge is 0.465 e. The van der Waals surface area contributed by atoms with Crippen LogP contribution in [0.25, 0.3) is 6.08 Å². The van der Waals surface area contributed by atoms with Gasteiger partial charge in [-0.2, -0.15) is 0 Å². The van der Waals surface area contributed by atoms with Gasteiger partial charge in [-0.1, -0.05) is 24.3 Å². The molecule has 2 aromatic rings. The van der Waals surface area contributed by atoms with Gasteiger partial charge in [0.05, 0.1) is 12.8 Å². The van der Waals surface area contributed by atoms with Crippen molar-refractivity contribution in [3.05, 3.63) is 60.1 Å². The fourth-order valence-electron chi connectivity index (χ4n) is 3.08. The topological polar surface area (TPSA) is 36.7 Å². The number of anilines is 1.